The number of hydrogen-bond acceptors (Lipinski definition) is 5. The van der Waals surface area contributed by atoms with Crippen molar-refractivity contribution >= 4 is 22.7 Å². The number of rotatable bonds is 4. The number of ether oxygens (including phenoxy) is 1. The van der Waals surface area contributed by atoms with E-state index in [1.54, 1.807) is 7.11 Å². The van der Waals surface area contributed by atoms with Gasteiger partial charge in [0.05, 0.1) is 12.1 Å². The maximum Gasteiger partial charge on any atom is 0.224 e. The summed E-state index contributed by atoms with van der Waals surface area (Å²) in [5.74, 6) is 2.29. The van der Waals surface area contributed by atoms with Gasteiger partial charge in [0.2, 0.25) is 5.95 Å². The number of nitrogens with zero attached hydrogens (tertiary/aromatic N) is 3. The van der Waals surface area contributed by atoms with E-state index in [0.29, 0.717) is 11.9 Å². The van der Waals surface area contributed by atoms with Crippen LogP contribution in [0.3, 0.4) is 0 Å². The zero-order valence-electron chi connectivity index (χ0n) is 12.0. The number of para-hydroxylation sites is 1. The summed E-state index contributed by atoms with van der Waals surface area (Å²) in [4.78, 5) is 11.5. The van der Waals surface area contributed by atoms with Crippen LogP contribution in [0.4, 0.5) is 11.8 Å². The molecular formula is C15H20N4O. The molecular weight excluding hydrogens is 252 g/mol. The molecule has 1 aliphatic rings. The number of hydrogen-bond donors (Lipinski definition) is 1. The Balaban J connectivity index is 1.98. The minimum atomic E-state index is 0.590. The Hall–Kier alpha value is -1.88. The van der Waals surface area contributed by atoms with Crippen molar-refractivity contribution in [3.05, 3.63) is 24.3 Å². The minimum Gasteiger partial charge on any atom is -0.384 e. The SMILES string of the molecule is CNc1nc(N2CCC(COC)C2)c2ccccc2n1. The van der Waals surface area contributed by atoms with Gasteiger partial charge < -0.3 is 15.0 Å². The van der Waals surface area contributed by atoms with Gasteiger partial charge in [-0.25, -0.2) is 4.98 Å². The quantitative estimate of drug-likeness (QED) is 0.924. The van der Waals surface area contributed by atoms with Gasteiger partial charge in [-0.05, 0) is 18.6 Å². The molecule has 0 aliphatic carbocycles. The number of anilines is 2. The van der Waals surface area contributed by atoms with E-state index < -0.39 is 0 Å². The van der Waals surface area contributed by atoms with E-state index in [9.17, 15) is 0 Å². The second-order valence-corrected chi connectivity index (χ2v) is 5.19. The van der Waals surface area contributed by atoms with Crippen molar-refractivity contribution in [3.8, 4) is 0 Å². The van der Waals surface area contributed by atoms with Crippen LogP contribution in [0, 0.1) is 5.92 Å². The highest BCUT2D eigenvalue weighted by molar-refractivity contribution is 5.90. The Morgan fingerprint density at radius 2 is 2.20 bits per heavy atom. The average molecular weight is 272 g/mol. The van der Waals surface area contributed by atoms with Gasteiger partial charge in [0.15, 0.2) is 0 Å². The van der Waals surface area contributed by atoms with Crippen molar-refractivity contribution in [2.24, 2.45) is 5.92 Å². The molecule has 5 heteroatoms. The molecule has 1 aromatic heterocycles. The lowest BCUT2D eigenvalue weighted by Gasteiger charge is -2.20. The summed E-state index contributed by atoms with van der Waals surface area (Å²) in [7, 11) is 3.62. The van der Waals surface area contributed by atoms with Crippen LogP contribution in [0.25, 0.3) is 10.9 Å². The van der Waals surface area contributed by atoms with Gasteiger partial charge in [-0.1, -0.05) is 12.1 Å². The van der Waals surface area contributed by atoms with E-state index in [0.717, 1.165) is 42.8 Å². The van der Waals surface area contributed by atoms with Crippen LogP contribution in [0.1, 0.15) is 6.42 Å². The van der Waals surface area contributed by atoms with Crippen LogP contribution in [-0.2, 0) is 4.74 Å². The standard InChI is InChI=1S/C15H20N4O/c1-16-15-17-13-6-4-3-5-12(13)14(18-15)19-8-7-11(9-19)10-20-2/h3-6,11H,7-10H2,1-2H3,(H,16,17,18). The number of methoxy groups -OCH3 is 1. The summed E-state index contributed by atoms with van der Waals surface area (Å²) >= 11 is 0. The average Bonchev–Trinajstić information content (AvgIpc) is 2.95. The monoisotopic (exact) mass is 272 g/mol. The first-order valence-electron chi connectivity index (χ1n) is 7.00. The van der Waals surface area contributed by atoms with Crippen LogP contribution in [0.5, 0.6) is 0 Å². The van der Waals surface area contributed by atoms with Gasteiger partial charge in [-0.2, -0.15) is 4.98 Å². The molecule has 1 saturated heterocycles. The van der Waals surface area contributed by atoms with E-state index in [1.807, 2.05) is 25.2 Å². The molecule has 1 aromatic carbocycles. The maximum absolute atomic E-state index is 5.27. The van der Waals surface area contributed by atoms with Gasteiger partial charge in [0.1, 0.15) is 5.82 Å². The second kappa shape index (κ2) is 5.63. The summed E-state index contributed by atoms with van der Waals surface area (Å²) in [6.45, 7) is 2.84. The van der Waals surface area contributed by atoms with E-state index in [-0.39, 0.29) is 0 Å². The van der Waals surface area contributed by atoms with Crippen molar-refractivity contribution in [3.63, 3.8) is 0 Å². The second-order valence-electron chi connectivity index (χ2n) is 5.19. The first-order valence-corrected chi connectivity index (χ1v) is 7.00. The highest BCUT2D eigenvalue weighted by Gasteiger charge is 2.25. The number of benzene rings is 1. The minimum absolute atomic E-state index is 0.590. The van der Waals surface area contributed by atoms with Crippen LogP contribution in [-0.4, -0.2) is 43.8 Å². The molecule has 1 fully saturated rings. The van der Waals surface area contributed by atoms with Crippen molar-refractivity contribution in [2.45, 2.75) is 6.42 Å². The summed E-state index contributed by atoms with van der Waals surface area (Å²) < 4.78 is 5.27. The topological polar surface area (TPSA) is 50.3 Å². The van der Waals surface area contributed by atoms with Gasteiger partial charge >= 0.3 is 0 Å². The summed E-state index contributed by atoms with van der Waals surface area (Å²) in [5, 5.41) is 4.16. The molecule has 1 aliphatic heterocycles. The third-order valence-electron chi connectivity index (χ3n) is 3.79. The van der Waals surface area contributed by atoms with E-state index in [2.05, 4.69) is 26.3 Å². The maximum atomic E-state index is 5.27. The number of aromatic nitrogens is 2. The highest BCUT2D eigenvalue weighted by atomic mass is 16.5. The molecule has 0 bridgehead atoms. The molecule has 106 valence electrons. The van der Waals surface area contributed by atoms with Crippen molar-refractivity contribution in [1.29, 1.82) is 0 Å². The van der Waals surface area contributed by atoms with Gasteiger partial charge in [0.25, 0.3) is 0 Å². The smallest absolute Gasteiger partial charge is 0.224 e. The van der Waals surface area contributed by atoms with E-state index in [4.69, 9.17) is 4.74 Å². The third-order valence-corrected chi connectivity index (χ3v) is 3.79. The molecule has 0 radical (unpaired) electrons. The molecule has 20 heavy (non-hydrogen) atoms. The summed E-state index contributed by atoms with van der Waals surface area (Å²) in [5.41, 5.74) is 0.983. The Labute approximate surface area is 119 Å². The largest absolute Gasteiger partial charge is 0.384 e. The predicted octanol–water partition coefficient (Wildman–Crippen LogP) is 2.14. The normalized spacial score (nSPS) is 18.7. The summed E-state index contributed by atoms with van der Waals surface area (Å²) in [6.07, 6.45) is 1.15. The molecule has 1 atom stereocenters. The predicted molar refractivity (Wildman–Crippen MR) is 81.3 cm³/mol. The van der Waals surface area contributed by atoms with Crippen molar-refractivity contribution in [2.75, 3.05) is 44.1 Å². The molecule has 0 saturated carbocycles. The van der Waals surface area contributed by atoms with Gasteiger partial charge in [-0.15, -0.1) is 0 Å². The molecule has 1 unspecified atom stereocenters. The van der Waals surface area contributed by atoms with Crippen LogP contribution >= 0.6 is 0 Å². The fourth-order valence-electron chi connectivity index (χ4n) is 2.81. The first-order chi connectivity index (χ1) is 9.81. The lowest BCUT2D eigenvalue weighted by Crippen LogP contribution is -2.22. The molecule has 2 heterocycles. The molecule has 0 spiro atoms. The molecule has 0 amide bonds. The van der Waals surface area contributed by atoms with Crippen LogP contribution in [0.2, 0.25) is 0 Å². The fourth-order valence-corrected chi connectivity index (χ4v) is 2.81. The fraction of sp³-hybridized carbons (Fsp3) is 0.467. The number of nitrogens with one attached hydrogen (secondary N) is 1. The Morgan fingerprint density at radius 3 is 3.00 bits per heavy atom. The Bertz CT molecular complexity index is 601. The lowest BCUT2D eigenvalue weighted by atomic mass is 10.1. The molecule has 3 rings (SSSR count). The van der Waals surface area contributed by atoms with Crippen LogP contribution < -0.4 is 10.2 Å². The number of fused-ring (bicyclic) bond motifs is 1. The zero-order valence-corrected chi connectivity index (χ0v) is 12.0. The molecule has 1 N–H and O–H groups in total. The molecule has 2 aromatic rings. The van der Waals surface area contributed by atoms with Crippen molar-refractivity contribution in [1.82, 2.24) is 9.97 Å². The third kappa shape index (κ3) is 2.41. The van der Waals surface area contributed by atoms with Crippen LogP contribution in [0.15, 0.2) is 24.3 Å². The van der Waals surface area contributed by atoms with Gasteiger partial charge in [-0.3, -0.25) is 0 Å². The Kier molecular flexibility index (Phi) is 3.69. The first kappa shape index (κ1) is 13.1. The molecule has 5 nitrogen and oxygen atoms in total. The van der Waals surface area contributed by atoms with Gasteiger partial charge in [0, 0.05) is 38.6 Å². The van der Waals surface area contributed by atoms with Crippen molar-refractivity contribution < 1.29 is 4.74 Å². The zero-order chi connectivity index (χ0) is 13.9. The highest BCUT2D eigenvalue weighted by Crippen LogP contribution is 2.29. The van der Waals surface area contributed by atoms with E-state index in [1.165, 1.54) is 0 Å². The Morgan fingerprint density at radius 1 is 1.35 bits per heavy atom. The summed E-state index contributed by atoms with van der Waals surface area (Å²) in [6, 6.07) is 8.17. The lowest BCUT2D eigenvalue weighted by molar-refractivity contribution is 0.161. The van der Waals surface area contributed by atoms with E-state index >= 15 is 0 Å².